The van der Waals surface area contributed by atoms with Crippen LogP contribution in [-0.4, -0.2) is 65.4 Å². The van der Waals surface area contributed by atoms with Crippen molar-refractivity contribution in [3.05, 3.63) is 0 Å². The average Bonchev–Trinajstić information content (AvgIpc) is 2.98. The number of carbonyl (C=O) groups is 1. The van der Waals surface area contributed by atoms with E-state index in [2.05, 4.69) is 13.8 Å². The van der Waals surface area contributed by atoms with Crippen LogP contribution in [0.15, 0.2) is 0 Å². The van der Waals surface area contributed by atoms with Crippen LogP contribution in [0.4, 0.5) is 0 Å². The molecule has 0 aliphatic carbocycles. The first-order chi connectivity index (χ1) is 20.3. The maximum absolute atomic E-state index is 11.8. The summed E-state index contributed by atoms with van der Waals surface area (Å²) in [5.41, 5.74) is 0. The van der Waals surface area contributed by atoms with E-state index in [4.69, 9.17) is 23.7 Å². The van der Waals surface area contributed by atoms with E-state index in [9.17, 15) is 4.79 Å². The van der Waals surface area contributed by atoms with Gasteiger partial charge in [0.2, 0.25) is 0 Å². The Labute approximate surface area is 255 Å². The lowest BCUT2D eigenvalue weighted by Crippen LogP contribution is -2.14. The zero-order valence-corrected chi connectivity index (χ0v) is 27.6. The number of rotatable bonds is 36. The van der Waals surface area contributed by atoms with E-state index >= 15 is 0 Å². The van der Waals surface area contributed by atoms with Gasteiger partial charge in [-0.3, -0.25) is 4.79 Å². The Bertz CT molecular complexity index is 487. The van der Waals surface area contributed by atoms with Gasteiger partial charge < -0.3 is 23.7 Å². The summed E-state index contributed by atoms with van der Waals surface area (Å²) in [5.74, 6) is -0.113. The molecule has 0 aliphatic heterocycles. The van der Waals surface area contributed by atoms with Crippen molar-refractivity contribution in [1.29, 1.82) is 0 Å². The summed E-state index contributed by atoms with van der Waals surface area (Å²) in [6.07, 6.45) is 29.6. The van der Waals surface area contributed by atoms with E-state index in [1.54, 1.807) is 0 Å². The van der Waals surface area contributed by atoms with Crippen LogP contribution in [0.5, 0.6) is 0 Å². The van der Waals surface area contributed by atoms with Crippen LogP contribution in [0.3, 0.4) is 0 Å². The molecule has 6 heteroatoms. The van der Waals surface area contributed by atoms with Gasteiger partial charge in [0, 0.05) is 13.0 Å². The second-order valence-electron chi connectivity index (χ2n) is 11.5. The summed E-state index contributed by atoms with van der Waals surface area (Å²) in [6, 6.07) is 0. The predicted molar refractivity (Wildman–Crippen MR) is 172 cm³/mol. The number of hydrogen-bond donors (Lipinski definition) is 0. The highest BCUT2D eigenvalue weighted by molar-refractivity contribution is 5.69. The second kappa shape index (κ2) is 37.3. The van der Waals surface area contributed by atoms with Crippen molar-refractivity contribution < 1.29 is 28.5 Å². The molecule has 0 unspecified atom stereocenters. The highest BCUT2D eigenvalue weighted by Crippen LogP contribution is 2.13. The van der Waals surface area contributed by atoms with E-state index in [0.717, 1.165) is 25.9 Å². The summed E-state index contributed by atoms with van der Waals surface area (Å²) < 4.78 is 27.4. The number of unbranched alkanes of at least 4 members (excludes halogenated alkanes) is 20. The number of esters is 1. The molecule has 0 N–H and O–H groups in total. The monoisotopic (exact) mass is 587 g/mol. The molecule has 0 aromatic carbocycles. The molecule has 0 saturated carbocycles. The minimum Gasteiger partial charge on any atom is -0.463 e. The summed E-state index contributed by atoms with van der Waals surface area (Å²) in [5, 5.41) is 0. The van der Waals surface area contributed by atoms with E-state index in [1.807, 2.05) is 0 Å². The standard InChI is InChI=1S/C35H70O6/c1-3-5-7-9-11-13-14-15-16-18-20-22-24-26-37-27-28-38-29-30-39-31-32-40-33-34-41-35(36)25-23-21-19-17-12-10-8-6-4-2/h3-34H2,1-2H3. The van der Waals surface area contributed by atoms with Crippen LogP contribution in [0.1, 0.15) is 162 Å². The van der Waals surface area contributed by atoms with Crippen molar-refractivity contribution in [2.75, 3.05) is 59.5 Å². The minimum atomic E-state index is -0.113. The Morgan fingerprint density at radius 1 is 0.341 bits per heavy atom. The van der Waals surface area contributed by atoms with Crippen molar-refractivity contribution in [2.45, 2.75) is 162 Å². The first-order valence-electron chi connectivity index (χ1n) is 17.8. The van der Waals surface area contributed by atoms with Crippen LogP contribution < -0.4 is 0 Å². The molecule has 0 aromatic heterocycles. The topological polar surface area (TPSA) is 63.2 Å². The van der Waals surface area contributed by atoms with Gasteiger partial charge in [0.25, 0.3) is 0 Å². The van der Waals surface area contributed by atoms with Gasteiger partial charge in [-0.25, -0.2) is 0 Å². The van der Waals surface area contributed by atoms with Crippen molar-refractivity contribution in [1.82, 2.24) is 0 Å². The van der Waals surface area contributed by atoms with Crippen LogP contribution in [-0.2, 0) is 28.5 Å². The van der Waals surface area contributed by atoms with Crippen molar-refractivity contribution in [3.8, 4) is 0 Å². The van der Waals surface area contributed by atoms with Crippen molar-refractivity contribution >= 4 is 5.97 Å². The average molecular weight is 587 g/mol. The maximum atomic E-state index is 11.8. The minimum absolute atomic E-state index is 0.113. The quantitative estimate of drug-likeness (QED) is 0.0538. The molecule has 6 nitrogen and oxygen atoms in total. The number of hydrogen-bond acceptors (Lipinski definition) is 6. The third-order valence-corrected chi connectivity index (χ3v) is 7.48. The highest BCUT2D eigenvalue weighted by atomic mass is 16.6. The fraction of sp³-hybridized carbons (Fsp3) is 0.971. The Balaban J connectivity index is 3.11. The summed E-state index contributed by atoms with van der Waals surface area (Å²) in [6.45, 7) is 9.50. The van der Waals surface area contributed by atoms with E-state index in [-0.39, 0.29) is 5.97 Å². The van der Waals surface area contributed by atoms with E-state index in [1.165, 1.54) is 122 Å². The third-order valence-electron chi connectivity index (χ3n) is 7.48. The Morgan fingerprint density at radius 3 is 1.02 bits per heavy atom. The highest BCUT2D eigenvalue weighted by Gasteiger charge is 2.03. The molecule has 0 fully saturated rings. The molecule has 41 heavy (non-hydrogen) atoms. The molecule has 0 spiro atoms. The molecule has 0 rings (SSSR count). The lowest BCUT2D eigenvalue weighted by atomic mass is 10.0. The molecule has 246 valence electrons. The fourth-order valence-corrected chi connectivity index (χ4v) is 4.85. The van der Waals surface area contributed by atoms with Crippen LogP contribution in [0.25, 0.3) is 0 Å². The summed E-state index contributed by atoms with van der Waals surface area (Å²) in [7, 11) is 0. The molecular weight excluding hydrogens is 516 g/mol. The molecule has 0 atom stereocenters. The van der Waals surface area contributed by atoms with Crippen molar-refractivity contribution in [3.63, 3.8) is 0 Å². The molecule has 0 bridgehead atoms. The first-order valence-corrected chi connectivity index (χ1v) is 17.8. The number of ether oxygens (including phenoxy) is 5. The Hall–Kier alpha value is -0.690. The summed E-state index contributed by atoms with van der Waals surface area (Å²) in [4.78, 5) is 11.8. The Morgan fingerprint density at radius 2 is 0.634 bits per heavy atom. The first kappa shape index (κ1) is 40.3. The molecule has 0 amide bonds. The van der Waals surface area contributed by atoms with E-state index in [0.29, 0.717) is 59.3 Å². The van der Waals surface area contributed by atoms with Gasteiger partial charge in [0.15, 0.2) is 0 Å². The van der Waals surface area contributed by atoms with Gasteiger partial charge in [-0.1, -0.05) is 142 Å². The smallest absolute Gasteiger partial charge is 0.305 e. The molecular formula is C35H70O6. The maximum Gasteiger partial charge on any atom is 0.305 e. The van der Waals surface area contributed by atoms with Gasteiger partial charge in [0.1, 0.15) is 6.61 Å². The molecule has 0 heterocycles. The lowest BCUT2D eigenvalue weighted by molar-refractivity contribution is -0.145. The Kier molecular flexibility index (Phi) is 36.7. The molecule has 0 aliphatic rings. The van der Waals surface area contributed by atoms with Gasteiger partial charge >= 0.3 is 5.97 Å². The van der Waals surface area contributed by atoms with Crippen LogP contribution in [0, 0.1) is 0 Å². The van der Waals surface area contributed by atoms with Gasteiger partial charge in [-0.05, 0) is 12.8 Å². The normalized spacial score (nSPS) is 11.4. The number of carbonyl (C=O) groups excluding carboxylic acids is 1. The molecule has 0 radical (unpaired) electrons. The van der Waals surface area contributed by atoms with Crippen LogP contribution >= 0.6 is 0 Å². The second-order valence-corrected chi connectivity index (χ2v) is 11.5. The van der Waals surface area contributed by atoms with E-state index < -0.39 is 0 Å². The van der Waals surface area contributed by atoms with Gasteiger partial charge in [-0.2, -0.15) is 0 Å². The summed E-state index contributed by atoms with van der Waals surface area (Å²) >= 11 is 0. The molecule has 0 aromatic rings. The van der Waals surface area contributed by atoms with Gasteiger partial charge in [-0.15, -0.1) is 0 Å². The predicted octanol–water partition coefficient (Wildman–Crippen LogP) is 9.61. The molecule has 0 saturated heterocycles. The fourth-order valence-electron chi connectivity index (χ4n) is 4.85. The SMILES string of the molecule is CCCCCCCCCCCCCCCOCCOCCOCCOCCOC(=O)CCCCCCCCCCC. The van der Waals surface area contributed by atoms with Gasteiger partial charge in [0.05, 0.1) is 46.2 Å². The zero-order valence-electron chi connectivity index (χ0n) is 27.6. The third kappa shape index (κ3) is 37.3. The van der Waals surface area contributed by atoms with Crippen molar-refractivity contribution in [2.24, 2.45) is 0 Å². The zero-order chi connectivity index (χ0) is 29.7. The largest absolute Gasteiger partial charge is 0.463 e. The lowest BCUT2D eigenvalue weighted by Gasteiger charge is -2.08. The van der Waals surface area contributed by atoms with Crippen LogP contribution in [0.2, 0.25) is 0 Å².